The van der Waals surface area contributed by atoms with E-state index < -0.39 is 0 Å². The lowest BCUT2D eigenvalue weighted by atomic mass is 10.1. The number of hydrogen-bond donors (Lipinski definition) is 1. The van der Waals surface area contributed by atoms with Crippen molar-refractivity contribution >= 4 is 5.95 Å². The Morgan fingerprint density at radius 3 is 3.05 bits per heavy atom. The molecule has 1 N–H and O–H groups in total. The zero-order valence-electron chi connectivity index (χ0n) is 13.0. The van der Waals surface area contributed by atoms with E-state index in [1.807, 2.05) is 19.3 Å². The summed E-state index contributed by atoms with van der Waals surface area (Å²) in [6.07, 6.45) is 5.89. The summed E-state index contributed by atoms with van der Waals surface area (Å²) >= 11 is 0. The number of nitrogens with one attached hydrogen (secondary N) is 1. The number of benzene rings is 1. The van der Waals surface area contributed by atoms with Gasteiger partial charge in [0, 0.05) is 38.7 Å². The average Bonchev–Trinajstić information content (AvgIpc) is 2.92. The van der Waals surface area contributed by atoms with Crippen LogP contribution in [0.15, 0.2) is 36.7 Å². The number of aryl methyl sites for hydroxylation is 3. The van der Waals surface area contributed by atoms with Crippen molar-refractivity contribution in [2.75, 3.05) is 25.1 Å². The molecule has 2 aromatic rings. The fourth-order valence-corrected chi connectivity index (χ4v) is 2.29. The van der Waals surface area contributed by atoms with Gasteiger partial charge in [0.1, 0.15) is 0 Å². The van der Waals surface area contributed by atoms with Crippen molar-refractivity contribution in [2.24, 2.45) is 0 Å². The van der Waals surface area contributed by atoms with Gasteiger partial charge in [-0.05, 0) is 32.3 Å². The van der Waals surface area contributed by atoms with Crippen molar-refractivity contribution < 1.29 is 4.74 Å². The molecule has 0 unspecified atom stereocenters. The van der Waals surface area contributed by atoms with Gasteiger partial charge in [0.15, 0.2) is 0 Å². The third-order valence-electron chi connectivity index (χ3n) is 3.39. The van der Waals surface area contributed by atoms with Crippen LogP contribution in [-0.4, -0.2) is 29.3 Å². The molecule has 0 fully saturated rings. The monoisotopic (exact) mass is 287 g/mol. The molecule has 0 aliphatic carbocycles. The van der Waals surface area contributed by atoms with Crippen LogP contribution in [0.25, 0.3) is 0 Å². The fraction of sp³-hybridized carbons (Fsp3) is 0.471. The molecule has 4 nitrogen and oxygen atoms in total. The summed E-state index contributed by atoms with van der Waals surface area (Å²) < 4.78 is 7.50. The second kappa shape index (κ2) is 8.47. The SMILES string of the molecule is CCOCCCNc1nccn1CCc1cccc(C)c1. The quantitative estimate of drug-likeness (QED) is 0.719. The molecule has 1 aromatic carbocycles. The van der Waals surface area contributed by atoms with Gasteiger partial charge in [-0.15, -0.1) is 0 Å². The van der Waals surface area contributed by atoms with Gasteiger partial charge in [-0.2, -0.15) is 0 Å². The standard InChI is InChI=1S/C17H25N3O/c1-3-21-13-5-9-18-17-19-10-12-20(17)11-8-16-7-4-6-15(2)14-16/h4,6-7,10,12,14H,3,5,8-9,11,13H2,1-2H3,(H,18,19). The first-order chi connectivity index (χ1) is 10.3. The number of anilines is 1. The lowest BCUT2D eigenvalue weighted by Crippen LogP contribution is -2.11. The van der Waals surface area contributed by atoms with Gasteiger partial charge in [-0.1, -0.05) is 29.8 Å². The van der Waals surface area contributed by atoms with Gasteiger partial charge >= 0.3 is 0 Å². The minimum atomic E-state index is 0.783. The van der Waals surface area contributed by atoms with Crippen molar-refractivity contribution in [3.05, 3.63) is 47.8 Å². The molecular formula is C17H25N3O. The van der Waals surface area contributed by atoms with Gasteiger partial charge in [0.2, 0.25) is 5.95 Å². The summed E-state index contributed by atoms with van der Waals surface area (Å²) in [5.41, 5.74) is 2.68. The van der Waals surface area contributed by atoms with Crippen LogP contribution in [-0.2, 0) is 17.7 Å². The smallest absolute Gasteiger partial charge is 0.202 e. The summed E-state index contributed by atoms with van der Waals surface area (Å²) in [6.45, 7) is 7.56. The van der Waals surface area contributed by atoms with E-state index in [-0.39, 0.29) is 0 Å². The Morgan fingerprint density at radius 1 is 1.33 bits per heavy atom. The third-order valence-corrected chi connectivity index (χ3v) is 3.39. The number of ether oxygens (including phenoxy) is 1. The maximum atomic E-state index is 5.33. The highest BCUT2D eigenvalue weighted by molar-refractivity contribution is 5.26. The maximum Gasteiger partial charge on any atom is 0.202 e. The minimum absolute atomic E-state index is 0.783. The van der Waals surface area contributed by atoms with Crippen LogP contribution >= 0.6 is 0 Å². The highest BCUT2D eigenvalue weighted by Crippen LogP contribution is 2.09. The molecule has 1 aromatic heterocycles. The Labute approximate surface area is 127 Å². The lowest BCUT2D eigenvalue weighted by Gasteiger charge is -2.10. The van der Waals surface area contributed by atoms with E-state index in [4.69, 9.17) is 4.74 Å². The second-order valence-corrected chi connectivity index (χ2v) is 5.16. The van der Waals surface area contributed by atoms with Gasteiger partial charge in [-0.3, -0.25) is 0 Å². The van der Waals surface area contributed by atoms with E-state index in [0.29, 0.717) is 0 Å². The lowest BCUT2D eigenvalue weighted by molar-refractivity contribution is 0.147. The summed E-state index contributed by atoms with van der Waals surface area (Å²) in [4.78, 5) is 4.37. The topological polar surface area (TPSA) is 39.1 Å². The number of hydrogen-bond acceptors (Lipinski definition) is 3. The first-order valence-electron chi connectivity index (χ1n) is 7.68. The van der Waals surface area contributed by atoms with Crippen LogP contribution in [0.5, 0.6) is 0 Å². The number of aromatic nitrogens is 2. The summed E-state index contributed by atoms with van der Waals surface area (Å²) in [7, 11) is 0. The molecule has 1 heterocycles. The molecule has 0 saturated heterocycles. The van der Waals surface area contributed by atoms with Crippen LogP contribution in [0.3, 0.4) is 0 Å². The average molecular weight is 287 g/mol. The predicted octanol–water partition coefficient (Wildman–Crippen LogP) is 3.27. The second-order valence-electron chi connectivity index (χ2n) is 5.16. The molecule has 0 atom stereocenters. The highest BCUT2D eigenvalue weighted by atomic mass is 16.5. The van der Waals surface area contributed by atoms with Crippen molar-refractivity contribution in [1.29, 1.82) is 0 Å². The van der Waals surface area contributed by atoms with E-state index in [9.17, 15) is 0 Å². The van der Waals surface area contributed by atoms with Gasteiger partial charge < -0.3 is 14.6 Å². The van der Waals surface area contributed by atoms with Gasteiger partial charge in [0.05, 0.1) is 0 Å². The summed E-state index contributed by atoms with van der Waals surface area (Å²) in [5.74, 6) is 0.944. The summed E-state index contributed by atoms with van der Waals surface area (Å²) in [5, 5.41) is 3.37. The zero-order chi connectivity index (χ0) is 14.9. The third kappa shape index (κ3) is 5.23. The molecule has 0 aliphatic rings. The van der Waals surface area contributed by atoms with Crippen molar-refractivity contribution in [3.63, 3.8) is 0 Å². The molecule has 0 aliphatic heterocycles. The highest BCUT2D eigenvalue weighted by Gasteiger charge is 2.02. The Bertz CT molecular complexity index is 536. The van der Waals surface area contributed by atoms with Crippen LogP contribution < -0.4 is 5.32 Å². The van der Waals surface area contributed by atoms with E-state index in [0.717, 1.165) is 45.1 Å². The Hall–Kier alpha value is -1.81. The molecule has 21 heavy (non-hydrogen) atoms. The molecule has 0 bridgehead atoms. The molecular weight excluding hydrogens is 262 g/mol. The normalized spacial score (nSPS) is 10.8. The number of rotatable bonds is 9. The van der Waals surface area contributed by atoms with Crippen LogP contribution in [0.4, 0.5) is 5.95 Å². The Kier molecular flexibility index (Phi) is 6.28. The van der Waals surface area contributed by atoms with Crippen LogP contribution in [0.2, 0.25) is 0 Å². The molecule has 0 spiro atoms. The zero-order valence-corrected chi connectivity index (χ0v) is 13.0. The van der Waals surface area contributed by atoms with Gasteiger partial charge in [0.25, 0.3) is 0 Å². The van der Waals surface area contributed by atoms with Crippen molar-refractivity contribution in [1.82, 2.24) is 9.55 Å². The first kappa shape index (κ1) is 15.6. The number of nitrogens with zero attached hydrogens (tertiary/aromatic N) is 2. The minimum Gasteiger partial charge on any atom is -0.382 e. The Balaban J connectivity index is 1.80. The Morgan fingerprint density at radius 2 is 2.24 bits per heavy atom. The van der Waals surface area contributed by atoms with E-state index in [2.05, 4.69) is 46.1 Å². The molecule has 2 rings (SSSR count). The van der Waals surface area contributed by atoms with Crippen LogP contribution in [0, 0.1) is 6.92 Å². The largest absolute Gasteiger partial charge is 0.382 e. The molecule has 0 radical (unpaired) electrons. The van der Waals surface area contributed by atoms with E-state index in [1.165, 1.54) is 11.1 Å². The van der Waals surface area contributed by atoms with Crippen molar-refractivity contribution in [2.45, 2.75) is 33.2 Å². The number of imidazole rings is 1. The molecule has 4 heteroatoms. The maximum absolute atomic E-state index is 5.33. The first-order valence-corrected chi connectivity index (χ1v) is 7.68. The van der Waals surface area contributed by atoms with Gasteiger partial charge in [-0.25, -0.2) is 4.98 Å². The fourth-order valence-electron chi connectivity index (χ4n) is 2.29. The molecule has 114 valence electrons. The van der Waals surface area contributed by atoms with E-state index in [1.54, 1.807) is 0 Å². The van der Waals surface area contributed by atoms with Crippen LogP contribution in [0.1, 0.15) is 24.5 Å². The van der Waals surface area contributed by atoms with Crippen molar-refractivity contribution in [3.8, 4) is 0 Å². The summed E-state index contributed by atoms with van der Waals surface area (Å²) in [6, 6.07) is 8.67. The molecule has 0 saturated carbocycles. The predicted molar refractivity (Wildman–Crippen MR) is 86.7 cm³/mol. The van der Waals surface area contributed by atoms with E-state index >= 15 is 0 Å². The molecule has 0 amide bonds.